The minimum absolute atomic E-state index is 0.00962. The molecule has 0 fully saturated rings. The molecule has 1 aromatic rings. The lowest BCUT2D eigenvalue weighted by molar-refractivity contribution is -0.133. The number of nitrogens with one attached hydrogen (secondary N) is 1. The first kappa shape index (κ1) is 11.5. The summed E-state index contributed by atoms with van der Waals surface area (Å²) in [4.78, 5) is 10.8. The molecule has 1 rings (SSSR count). The zero-order chi connectivity index (χ0) is 11.3. The van der Waals surface area contributed by atoms with Crippen LogP contribution in [0.4, 0.5) is 5.69 Å². The first-order valence-corrected chi connectivity index (χ1v) is 5.74. The number of carbonyl (C=O) groups is 1. The van der Waals surface area contributed by atoms with Gasteiger partial charge in [0.15, 0.2) is 0 Å². The van der Waals surface area contributed by atoms with Crippen LogP contribution in [0.1, 0.15) is 13.3 Å². The molecule has 0 aromatic heterocycles. The third-order valence-corrected chi connectivity index (χ3v) is 2.40. The number of anilines is 1. The quantitative estimate of drug-likeness (QED) is 0.844. The third kappa shape index (κ3) is 3.99. The van der Waals surface area contributed by atoms with Gasteiger partial charge in [0.1, 0.15) is 0 Å². The fraction of sp³-hybridized carbons (Fsp3) is 0.222. The van der Waals surface area contributed by atoms with Gasteiger partial charge in [0, 0.05) is 6.42 Å². The van der Waals surface area contributed by atoms with Crippen molar-refractivity contribution in [1.29, 1.82) is 0 Å². The van der Waals surface area contributed by atoms with E-state index < -0.39 is 16.3 Å². The molecule has 0 spiro atoms. The number of hydrogen-bond donors (Lipinski definition) is 1. The van der Waals surface area contributed by atoms with Crippen molar-refractivity contribution in [2.24, 2.45) is 0 Å². The lowest BCUT2D eigenvalue weighted by Gasteiger charge is -2.06. The minimum Gasteiger partial charge on any atom is -0.330 e. The standard InChI is InChI=1S/C9H11NO4S/c1-2-9(11)14-15(12,13)10-8-6-4-3-5-7-8/h3-7,10H,2H2,1H3. The number of benzene rings is 1. The van der Waals surface area contributed by atoms with E-state index in [1.807, 2.05) is 0 Å². The Kier molecular flexibility index (Phi) is 3.68. The molecular weight excluding hydrogens is 218 g/mol. The number of carbonyl (C=O) groups excluding carboxylic acids is 1. The molecule has 82 valence electrons. The predicted octanol–water partition coefficient (Wildman–Crippen LogP) is 1.30. The van der Waals surface area contributed by atoms with Gasteiger partial charge in [-0.15, -0.1) is 0 Å². The van der Waals surface area contributed by atoms with Crippen molar-refractivity contribution < 1.29 is 17.4 Å². The summed E-state index contributed by atoms with van der Waals surface area (Å²) in [6.45, 7) is 1.51. The molecule has 0 bridgehead atoms. The normalized spacial score (nSPS) is 10.7. The van der Waals surface area contributed by atoms with Crippen LogP contribution in [0.25, 0.3) is 0 Å². The highest BCUT2D eigenvalue weighted by molar-refractivity contribution is 7.88. The van der Waals surface area contributed by atoms with E-state index in [0.29, 0.717) is 5.69 Å². The van der Waals surface area contributed by atoms with E-state index in [2.05, 4.69) is 8.91 Å². The van der Waals surface area contributed by atoms with Crippen LogP contribution in [-0.2, 0) is 19.3 Å². The smallest absolute Gasteiger partial charge is 0.330 e. The summed E-state index contributed by atoms with van der Waals surface area (Å²) in [6.07, 6.45) is 0.00962. The van der Waals surface area contributed by atoms with Gasteiger partial charge in [-0.25, -0.2) is 0 Å². The van der Waals surface area contributed by atoms with Crippen LogP contribution in [0.2, 0.25) is 0 Å². The Labute approximate surface area is 88.3 Å². The molecule has 0 amide bonds. The molecule has 15 heavy (non-hydrogen) atoms. The van der Waals surface area contributed by atoms with Gasteiger partial charge < -0.3 is 4.18 Å². The van der Waals surface area contributed by atoms with Crippen molar-refractivity contribution in [2.45, 2.75) is 13.3 Å². The van der Waals surface area contributed by atoms with Gasteiger partial charge in [-0.05, 0) is 12.1 Å². The molecule has 0 atom stereocenters. The van der Waals surface area contributed by atoms with E-state index >= 15 is 0 Å². The highest BCUT2D eigenvalue weighted by atomic mass is 32.2. The van der Waals surface area contributed by atoms with Crippen LogP contribution < -0.4 is 4.72 Å². The van der Waals surface area contributed by atoms with Crippen molar-refractivity contribution in [2.75, 3.05) is 4.72 Å². The van der Waals surface area contributed by atoms with Crippen LogP contribution in [0.15, 0.2) is 30.3 Å². The Morgan fingerprint density at radius 3 is 2.47 bits per heavy atom. The van der Waals surface area contributed by atoms with Crippen LogP contribution in [0.3, 0.4) is 0 Å². The van der Waals surface area contributed by atoms with Crippen molar-refractivity contribution >= 4 is 22.0 Å². The summed E-state index contributed by atoms with van der Waals surface area (Å²) in [5.41, 5.74) is 0.349. The van der Waals surface area contributed by atoms with Crippen LogP contribution in [-0.4, -0.2) is 14.4 Å². The van der Waals surface area contributed by atoms with Gasteiger partial charge in [0.05, 0.1) is 5.69 Å². The highest BCUT2D eigenvalue weighted by Crippen LogP contribution is 2.08. The van der Waals surface area contributed by atoms with E-state index in [4.69, 9.17) is 0 Å². The second kappa shape index (κ2) is 4.79. The van der Waals surface area contributed by atoms with Gasteiger partial charge in [0.2, 0.25) is 0 Å². The van der Waals surface area contributed by atoms with Gasteiger partial charge in [-0.1, -0.05) is 25.1 Å². The Hall–Kier alpha value is -1.56. The van der Waals surface area contributed by atoms with E-state index in [0.717, 1.165) is 0 Å². The summed E-state index contributed by atoms with van der Waals surface area (Å²) in [7, 11) is -4.05. The van der Waals surface area contributed by atoms with Crippen molar-refractivity contribution in [3.05, 3.63) is 30.3 Å². The summed E-state index contributed by atoms with van der Waals surface area (Å²) < 4.78 is 28.8. The Bertz CT molecular complexity index is 427. The van der Waals surface area contributed by atoms with Crippen LogP contribution >= 0.6 is 0 Å². The van der Waals surface area contributed by atoms with Gasteiger partial charge in [-0.2, -0.15) is 8.42 Å². The van der Waals surface area contributed by atoms with Gasteiger partial charge in [-0.3, -0.25) is 9.52 Å². The lowest BCUT2D eigenvalue weighted by atomic mass is 10.3. The molecular formula is C9H11NO4S. The number of rotatable bonds is 4. The highest BCUT2D eigenvalue weighted by Gasteiger charge is 2.15. The number of hydrogen-bond acceptors (Lipinski definition) is 4. The lowest BCUT2D eigenvalue weighted by Crippen LogP contribution is -2.19. The SMILES string of the molecule is CCC(=O)OS(=O)(=O)Nc1ccccc1. The molecule has 5 nitrogen and oxygen atoms in total. The van der Waals surface area contributed by atoms with Crippen LogP contribution in [0, 0.1) is 0 Å². The molecule has 0 unspecified atom stereocenters. The summed E-state index contributed by atoms with van der Waals surface area (Å²) >= 11 is 0. The Balaban J connectivity index is 2.69. The topological polar surface area (TPSA) is 72.5 Å². The zero-order valence-electron chi connectivity index (χ0n) is 8.14. The summed E-state index contributed by atoms with van der Waals surface area (Å²) in [5.74, 6) is -0.793. The van der Waals surface area contributed by atoms with Gasteiger partial charge >= 0.3 is 16.3 Å². The summed E-state index contributed by atoms with van der Waals surface area (Å²) in [6, 6.07) is 8.18. The molecule has 1 aromatic carbocycles. The average molecular weight is 229 g/mol. The molecule has 0 aliphatic carbocycles. The van der Waals surface area contributed by atoms with Crippen LogP contribution in [0.5, 0.6) is 0 Å². The fourth-order valence-electron chi connectivity index (χ4n) is 0.853. The van der Waals surface area contributed by atoms with E-state index in [1.54, 1.807) is 30.3 Å². The first-order chi connectivity index (χ1) is 7.03. The molecule has 1 N–H and O–H groups in total. The minimum atomic E-state index is -4.05. The van der Waals surface area contributed by atoms with Crippen molar-refractivity contribution in [3.8, 4) is 0 Å². The monoisotopic (exact) mass is 229 g/mol. The van der Waals surface area contributed by atoms with Gasteiger partial charge in [0.25, 0.3) is 0 Å². The first-order valence-electron chi connectivity index (χ1n) is 4.33. The second-order valence-corrected chi connectivity index (χ2v) is 4.01. The maximum atomic E-state index is 11.2. The molecule has 0 heterocycles. The molecule has 0 aliphatic rings. The zero-order valence-corrected chi connectivity index (χ0v) is 8.95. The largest absolute Gasteiger partial charge is 0.409 e. The molecule has 0 saturated carbocycles. The number of para-hydroxylation sites is 1. The molecule has 0 radical (unpaired) electrons. The van der Waals surface area contributed by atoms with E-state index in [-0.39, 0.29) is 6.42 Å². The average Bonchev–Trinajstić information content (AvgIpc) is 2.17. The third-order valence-electron chi connectivity index (χ3n) is 1.51. The molecule has 0 aliphatic heterocycles. The molecule has 0 saturated heterocycles. The maximum absolute atomic E-state index is 11.2. The fourth-order valence-corrected chi connectivity index (χ4v) is 1.68. The molecule has 6 heteroatoms. The van der Waals surface area contributed by atoms with Crippen molar-refractivity contribution in [1.82, 2.24) is 0 Å². The van der Waals surface area contributed by atoms with E-state index in [1.165, 1.54) is 6.92 Å². The second-order valence-electron chi connectivity index (χ2n) is 2.73. The predicted molar refractivity (Wildman–Crippen MR) is 55.4 cm³/mol. The van der Waals surface area contributed by atoms with E-state index in [9.17, 15) is 13.2 Å². The maximum Gasteiger partial charge on any atom is 0.409 e. The Morgan fingerprint density at radius 2 is 1.93 bits per heavy atom. The van der Waals surface area contributed by atoms with Crippen molar-refractivity contribution in [3.63, 3.8) is 0 Å². The Morgan fingerprint density at radius 1 is 1.33 bits per heavy atom. The summed E-state index contributed by atoms with van der Waals surface area (Å²) in [5, 5.41) is 0.